The summed E-state index contributed by atoms with van der Waals surface area (Å²) in [6, 6.07) is -0.385. The molecule has 30 heavy (non-hydrogen) atoms. The summed E-state index contributed by atoms with van der Waals surface area (Å²) in [6.45, 7) is 6.34. The summed E-state index contributed by atoms with van der Waals surface area (Å²) in [5.74, 6) is 0.0674. The van der Waals surface area contributed by atoms with Crippen molar-refractivity contribution in [2.75, 3.05) is 18.4 Å². The first-order chi connectivity index (χ1) is 14.0. The standard InChI is InChI=1S/C18H25F3N6O2S/c1-4-26-12(3)15(9-22-26)30(28,29)25-6-5-13(10-25)14-8-17-23-11(2)7-16(18(19,20)21)27(17)24-14/h8-9,11,13,16,23H,4-7,10H2,1-3H3/t11-,13?,16-/m1/s1. The highest BCUT2D eigenvalue weighted by Crippen LogP contribution is 2.41. The van der Waals surface area contributed by atoms with Crippen LogP contribution in [0.5, 0.6) is 0 Å². The molecule has 4 rings (SSSR count). The van der Waals surface area contributed by atoms with Crippen LogP contribution >= 0.6 is 0 Å². The van der Waals surface area contributed by atoms with Crippen LogP contribution in [0.4, 0.5) is 19.0 Å². The van der Waals surface area contributed by atoms with Gasteiger partial charge in [0.2, 0.25) is 10.0 Å². The Balaban J connectivity index is 1.58. The van der Waals surface area contributed by atoms with Gasteiger partial charge in [-0.2, -0.15) is 27.7 Å². The lowest BCUT2D eigenvalue weighted by molar-refractivity contribution is -0.173. The second kappa shape index (κ2) is 7.26. The highest BCUT2D eigenvalue weighted by atomic mass is 32.2. The summed E-state index contributed by atoms with van der Waals surface area (Å²) in [5.41, 5.74) is 1.06. The fourth-order valence-electron chi connectivity index (χ4n) is 4.31. The molecule has 0 spiro atoms. The predicted octanol–water partition coefficient (Wildman–Crippen LogP) is 2.89. The van der Waals surface area contributed by atoms with Crippen molar-refractivity contribution in [3.8, 4) is 0 Å². The van der Waals surface area contributed by atoms with Crippen LogP contribution in [-0.2, 0) is 16.6 Å². The van der Waals surface area contributed by atoms with Crippen LogP contribution in [0.25, 0.3) is 0 Å². The van der Waals surface area contributed by atoms with Crippen molar-refractivity contribution in [3.63, 3.8) is 0 Å². The van der Waals surface area contributed by atoms with Gasteiger partial charge < -0.3 is 5.32 Å². The van der Waals surface area contributed by atoms with E-state index in [4.69, 9.17) is 0 Å². The van der Waals surface area contributed by atoms with E-state index in [0.717, 1.165) is 4.68 Å². The molecule has 166 valence electrons. The highest BCUT2D eigenvalue weighted by molar-refractivity contribution is 7.89. The van der Waals surface area contributed by atoms with E-state index in [9.17, 15) is 21.6 Å². The van der Waals surface area contributed by atoms with Gasteiger partial charge >= 0.3 is 6.18 Å². The number of rotatable bonds is 4. The van der Waals surface area contributed by atoms with E-state index in [0.29, 0.717) is 36.7 Å². The topological polar surface area (TPSA) is 85.1 Å². The van der Waals surface area contributed by atoms with Gasteiger partial charge in [-0.15, -0.1) is 0 Å². The van der Waals surface area contributed by atoms with Crippen molar-refractivity contribution < 1.29 is 21.6 Å². The second-order valence-electron chi connectivity index (χ2n) is 8.00. The Morgan fingerprint density at radius 1 is 1.33 bits per heavy atom. The van der Waals surface area contributed by atoms with Crippen LogP contribution in [0.1, 0.15) is 50.0 Å². The SMILES string of the molecule is CCn1ncc(S(=O)(=O)N2CCC(c3cc4n(n3)[C@@H](C(F)(F)F)C[C@@H](C)N4)C2)c1C. The number of aromatic nitrogens is 4. The van der Waals surface area contributed by atoms with Crippen molar-refractivity contribution in [1.82, 2.24) is 23.9 Å². The number of aryl methyl sites for hydroxylation is 1. The van der Waals surface area contributed by atoms with Gasteiger partial charge in [-0.05, 0) is 33.6 Å². The van der Waals surface area contributed by atoms with E-state index in [-0.39, 0.29) is 29.8 Å². The number of halogens is 3. The summed E-state index contributed by atoms with van der Waals surface area (Å²) in [5, 5.41) is 11.4. The van der Waals surface area contributed by atoms with E-state index in [1.54, 1.807) is 24.6 Å². The fourth-order valence-corrected chi connectivity index (χ4v) is 5.96. The van der Waals surface area contributed by atoms with E-state index < -0.39 is 22.2 Å². The Kier molecular flexibility index (Phi) is 5.12. The zero-order valence-electron chi connectivity index (χ0n) is 17.0. The third-order valence-electron chi connectivity index (χ3n) is 5.94. The minimum Gasteiger partial charge on any atom is -0.368 e. The molecular weight excluding hydrogens is 421 g/mol. The monoisotopic (exact) mass is 446 g/mol. The number of hydrogen-bond donors (Lipinski definition) is 1. The van der Waals surface area contributed by atoms with E-state index in [1.807, 2.05) is 6.92 Å². The predicted molar refractivity (Wildman–Crippen MR) is 104 cm³/mol. The lowest BCUT2D eigenvalue weighted by Gasteiger charge is -2.31. The highest BCUT2D eigenvalue weighted by Gasteiger charge is 2.46. The lowest BCUT2D eigenvalue weighted by atomic mass is 10.0. The number of anilines is 1. The van der Waals surface area contributed by atoms with Crippen molar-refractivity contribution in [2.24, 2.45) is 0 Å². The summed E-state index contributed by atoms with van der Waals surface area (Å²) >= 11 is 0. The number of nitrogens with zero attached hydrogens (tertiary/aromatic N) is 5. The van der Waals surface area contributed by atoms with Gasteiger partial charge in [-0.3, -0.25) is 4.68 Å². The van der Waals surface area contributed by atoms with Crippen LogP contribution in [-0.4, -0.2) is 57.6 Å². The number of fused-ring (bicyclic) bond motifs is 1. The Morgan fingerprint density at radius 2 is 2.07 bits per heavy atom. The van der Waals surface area contributed by atoms with Crippen LogP contribution in [0.15, 0.2) is 17.2 Å². The molecule has 1 fully saturated rings. The second-order valence-corrected chi connectivity index (χ2v) is 9.90. The molecule has 1 unspecified atom stereocenters. The third-order valence-corrected chi connectivity index (χ3v) is 7.91. The Morgan fingerprint density at radius 3 is 2.70 bits per heavy atom. The molecule has 2 aliphatic heterocycles. The maximum atomic E-state index is 13.5. The molecule has 2 aromatic heterocycles. The van der Waals surface area contributed by atoms with Gasteiger partial charge in [0.05, 0.1) is 17.6 Å². The number of hydrogen-bond acceptors (Lipinski definition) is 5. The molecule has 0 bridgehead atoms. The Hall–Kier alpha value is -2.08. The Labute approximate surface area is 173 Å². The van der Waals surface area contributed by atoms with E-state index in [1.165, 1.54) is 10.5 Å². The van der Waals surface area contributed by atoms with Crippen molar-refractivity contribution in [2.45, 2.75) is 69.2 Å². The molecule has 1 N–H and O–H groups in total. The van der Waals surface area contributed by atoms with E-state index in [2.05, 4.69) is 15.5 Å². The number of nitrogens with one attached hydrogen (secondary N) is 1. The number of alkyl halides is 3. The fraction of sp³-hybridized carbons (Fsp3) is 0.667. The van der Waals surface area contributed by atoms with Crippen LogP contribution in [0, 0.1) is 6.92 Å². The lowest BCUT2D eigenvalue weighted by Crippen LogP contribution is -2.37. The molecule has 0 aromatic carbocycles. The first kappa shape index (κ1) is 21.2. The molecule has 12 heteroatoms. The van der Waals surface area contributed by atoms with Crippen LogP contribution in [0.2, 0.25) is 0 Å². The normalized spacial score (nSPS) is 25.3. The zero-order chi connectivity index (χ0) is 21.8. The molecule has 0 aliphatic carbocycles. The van der Waals surface area contributed by atoms with Crippen molar-refractivity contribution in [3.05, 3.63) is 23.7 Å². The molecule has 0 saturated carbocycles. The molecule has 3 atom stereocenters. The van der Waals surface area contributed by atoms with Gasteiger partial charge in [0.1, 0.15) is 10.7 Å². The molecule has 1 saturated heterocycles. The smallest absolute Gasteiger partial charge is 0.368 e. The molecule has 4 heterocycles. The first-order valence-corrected chi connectivity index (χ1v) is 11.4. The largest absolute Gasteiger partial charge is 0.410 e. The quantitative estimate of drug-likeness (QED) is 0.781. The van der Waals surface area contributed by atoms with Gasteiger partial charge in [0, 0.05) is 37.7 Å². The zero-order valence-corrected chi connectivity index (χ0v) is 17.8. The minimum atomic E-state index is -4.39. The van der Waals surface area contributed by atoms with Crippen LogP contribution < -0.4 is 5.32 Å². The van der Waals surface area contributed by atoms with Crippen LogP contribution in [0.3, 0.4) is 0 Å². The maximum Gasteiger partial charge on any atom is 0.410 e. The van der Waals surface area contributed by atoms with E-state index >= 15 is 0 Å². The summed E-state index contributed by atoms with van der Waals surface area (Å²) in [6.07, 6.45) is -2.63. The van der Waals surface area contributed by atoms with Crippen molar-refractivity contribution >= 4 is 15.8 Å². The van der Waals surface area contributed by atoms with Crippen molar-refractivity contribution in [1.29, 1.82) is 0 Å². The summed E-state index contributed by atoms with van der Waals surface area (Å²) in [7, 11) is -3.72. The summed E-state index contributed by atoms with van der Waals surface area (Å²) < 4.78 is 70.5. The molecular formula is C18H25F3N6O2S. The molecule has 2 aromatic rings. The molecule has 2 aliphatic rings. The molecule has 0 amide bonds. The first-order valence-electron chi connectivity index (χ1n) is 9.97. The maximum absolute atomic E-state index is 13.5. The molecule has 0 radical (unpaired) electrons. The Bertz CT molecular complexity index is 1040. The average molecular weight is 446 g/mol. The molecule has 8 nitrogen and oxygen atoms in total. The summed E-state index contributed by atoms with van der Waals surface area (Å²) in [4.78, 5) is 0.168. The van der Waals surface area contributed by atoms with Gasteiger partial charge in [-0.25, -0.2) is 13.1 Å². The third kappa shape index (κ3) is 3.49. The number of sulfonamides is 1. The van der Waals surface area contributed by atoms with Gasteiger partial charge in [-0.1, -0.05) is 0 Å². The average Bonchev–Trinajstić information content (AvgIpc) is 3.37. The van der Waals surface area contributed by atoms with Gasteiger partial charge in [0.15, 0.2) is 6.04 Å². The minimum absolute atomic E-state index is 0.0938. The van der Waals surface area contributed by atoms with Gasteiger partial charge in [0.25, 0.3) is 0 Å².